The summed E-state index contributed by atoms with van der Waals surface area (Å²) in [5.74, 6) is 0. The molecule has 1 aromatic rings. The van der Waals surface area contributed by atoms with Crippen molar-refractivity contribution in [3.8, 4) is 0 Å². The van der Waals surface area contributed by atoms with Crippen LogP contribution in [0.3, 0.4) is 0 Å². The lowest BCUT2D eigenvalue weighted by molar-refractivity contribution is 1.57. The Labute approximate surface area is 86.2 Å². The number of halogens is 3. The van der Waals surface area contributed by atoms with Gasteiger partial charge >= 0.3 is 0 Å². The molecule has 0 aliphatic carbocycles. The van der Waals surface area contributed by atoms with E-state index in [2.05, 4.69) is 38.5 Å². The minimum atomic E-state index is 0.671. The van der Waals surface area contributed by atoms with Gasteiger partial charge in [0.25, 0.3) is 0 Å². The zero-order valence-corrected chi connectivity index (χ0v) is 9.37. The molecule has 0 saturated heterocycles. The summed E-state index contributed by atoms with van der Waals surface area (Å²) in [5.41, 5.74) is 6.26. The second kappa shape index (κ2) is 3.28. The van der Waals surface area contributed by atoms with Gasteiger partial charge in [0.1, 0.15) is 0 Å². The Hall–Kier alpha value is 0.520. The van der Waals surface area contributed by atoms with Crippen LogP contribution in [0.4, 0.5) is 5.69 Å². The van der Waals surface area contributed by atoms with E-state index in [1.807, 2.05) is 6.07 Å². The highest BCUT2D eigenvalue weighted by Gasteiger charge is 2.01. The topological polar surface area (TPSA) is 26.0 Å². The van der Waals surface area contributed by atoms with Crippen molar-refractivity contribution < 1.29 is 0 Å². The van der Waals surface area contributed by atoms with E-state index in [4.69, 9.17) is 17.3 Å². The van der Waals surface area contributed by atoms with Crippen LogP contribution < -0.4 is 5.73 Å². The number of benzene rings is 1. The van der Waals surface area contributed by atoms with Gasteiger partial charge in [0.15, 0.2) is 0 Å². The van der Waals surface area contributed by atoms with Crippen LogP contribution >= 0.6 is 50.1 Å². The minimum absolute atomic E-state index is 0.671. The van der Waals surface area contributed by atoms with Crippen molar-refractivity contribution in [3.05, 3.63) is 25.2 Å². The molecule has 1 rings (SSSR count). The lowest BCUT2D eigenvalue weighted by atomic mass is 10.3. The molecule has 0 unspecified atom stereocenters. The fourth-order valence-corrected chi connectivity index (χ4v) is 1.86. The molecule has 0 radical (unpaired) electrons. The van der Waals surface area contributed by atoms with Gasteiger partial charge in [-0.1, -0.05) is 11.6 Å². The van der Waals surface area contributed by atoms with E-state index in [9.17, 15) is 0 Å². The van der Waals surface area contributed by atoms with Gasteiger partial charge < -0.3 is 5.73 Å². The molecule has 0 amide bonds. The van der Waals surface area contributed by atoms with Gasteiger partial charge in [-0.3, -0.25) is 0 Å². The molecule has 0 heterocycles. The first-order chi connectivity index (χ1) is 4.61. The molecule has 0 fully saturated rings. The third-order valence-electron chi connectivity index (χ3n) is 1.02. The first-order valence-corrected chi connectivity index (χ1v) is 4.76. The standard InChI is InChI=1S/C6H4BrClIN/c7-6-4(9)1-3(8)2-5(6)10/h1-2H,10H2. The number of nitrogen functional groups attached to an aromatic ring is 1. The third kappa shape index (κ3) is 1.77. The molecule has 10 heavy (non-hydrogen) atoms. The summed E-state index contributed by atoms with van der Waals surface area (Å²) in [7, 11) is 0. The average molecular weight is 332 g/mol. The fourth-order valence-electron chi connectivity index (χ4n) is 0.576. The molecule has 4 heteroatoms. The second-order valence-corrected chi connectivity index (χ2v) is 4.18. The van der Waals surface area contributed by atoms with E-state index in [0.717, 1.165) is 8.04 Å². The predicted molar refractivity (Wildman–Crippen MR) is 56.3 cm³/mol. The minimum Gasteiger partial charge on any atom is -0.398 e. The largest absolute Gasteiger partial charge is 0.398 e. The zero-order chi connectivity index (χ0) is 7.72. The van der Waals surface area contributed by atoms with E-state index in [1.54, 1.807) is 6.07 Å². The number of hydrogen-bond acceptors (Lipinski definition) is 1. The quantitative estimate of drug-likeness (QED) is 0.440. The first kappa shape index (κ1) is 8.62. The summed E-state index contributed by atoms with van der Waals surface area (Å²) >= 11 is 11.2. The van der Waals surface area contributed by atoms with Gasteiger partial charge in [0, 0.05) is 14.3 Å². The monoisotopic (exact) mass is 331 g/mol. The number of rotatable bonds is 0. The molecule has 0 aliphatic heterocycles. The molecule has 0 aliphatic rings. The maximum atomic E-state index is 5.72. The normalized spacial score (nSPS) is 9.90. The third-order valence-corrected chi connectivity index (χ3v) is 3.72. The van der Waals surface area contributed by atoms with Crippen molar-refractivity contribution in [1.82, 2.24) is 0 Å². The highest BCUT2D eigenvalue weighted by atomic mass is 127. The Morgan fingerprint density at radius 2 is 2.10 bits per heavy atom. The lowest BCUT2D eigenvalue weighted by Crippen LogP contribution is -1.88. The van der Waals surface area contributed by atoms with Crippen LogP contribution in [-0.4, -0.2) is 0 Å². The SMILES string of the molecule is Nc1cc(Cl)cc(I)c1Br. The summed E-state index contributed by atoms with van der Waals surface area (Å²) in [5, 5.41) is 0.671. The predicted octanol–water partition coefficient (Wildman–Crippen LogP) is 3.29. The smallest absolute Gasteiger partial charge is 0.0539 e. The average Bonchev–Trinajstić information content (AvgIpc) is 1.82. The van der Waals surface area contributed by atoms with Gasteiger partial charge in [-0.15, -0.1) is 0 Å². The van der Waals surface area contributed by atoms with Gasteiger partial charge in [-0.05, 0) is 50.7 Å². The van der Waals surface area contributed by atoms with Crippen LogP contribution in [0.2, 0.25) is 5.02 Å². The summed E-state index contributed by atoms with van der Waals surface area (Å²) < 4.78 is 1.94. The van der Waals surface area contributed by atoms with Crippen LogP contribution in [0, 0.1) is 3.57 Å². The Kier molecular flexibility index (Phi) is 2.82. The molecule has 2 N–H and O–H groups in total. The molecule has 0 saturated carbocycles. The van der Waals surface area contributed by atoms with E-state index in [0.29, 0.717) is 10.7 Å². The summed E-state index contributed by atoms with van der Waals surface area (Å²) in [4.78, 5) is 0. The van der Waals surface area contributed by atoms with Gasteiger partial charge in [0.2, 0.25) is 0 Å². The zero-order valence-electron chi connectivity index (χ0n) is 4.87. The van der Waals surface area contributed by atoms with Crippen LogP contribution in [0.1, 0.15) is 0 Å². The molecule has 1 nitrogen and oxygen atoms in total. The number of anilines is 1. The van der Waals surface area contributed by atoms with Crippen LogP contribution in [-0.2, 0) is 0 Å². The lowest BCUT2D eigenvalue weighted by Gasteiger charge is -2.00. The maximum Gasteiger partial charge on any atom is 0.0539 e. The van der Waals surface area contributed by atoms with Crippen molar-refractivity contribution in [2.45, 2.75) is 0 Å². The maximum absolute atomic E-state index is 5.72. The van der Waals surface area contributed by atoms with Crippen molar-refractivity contribution >= 4 is 55.8 Å². The van der Waals surface area contributed by atoms with Crippen molar-refractivity contribution in [1.29, 1.82) is 0 Å². The van der Waals surface area contributed by atoms with Crippen molar-refractivity contribution in [2.24, 2.45) is 0 Å². The summed E-state index contributed by atoms with van der Waals surface area (Å²) in [6, 6.07) is 3.57. The highest BCUT2D eigenvalue weighted by Crippen LogP contribution is 2.28. The molecular weight excluding hydrogens is 328 g/mol. The Morgan fingerprint density at radius 3 is 2.60 bits per heavy atom. The summed E-state index contributed by atoms with van der Waals surface area (Å²) in [6.45, 7) is 0. The Bertz CT molecular complexity index is 241. The molecule has 0 spiro atoms. The Balaban J connectivity index is 3.31. The number of nitrogens with two attached hydrogens (primary N) is 1. The van der Waals surface area contributed by atoms with Crippen molar-refractivity contribution in [2.75, 3.05) is 5.73 Å². The van der Waals surface area contributed by atoms with E-state index >= 15 is 0 Å². The molecule has 0 bridgehead atoms. The van der Waals surface area contributed by atoms with Crippen LogP contribution in [0.15, 0.2) is 16.6 Å². The molecule has 0 aromatic heterocycles. The van der Waals surface area contributed by atoms with E-state index < -0.39 is 0 Å². The van der Waals surface area contributed by atoms with Crippen LogP contribution in [0.5, 0.6) is 0 Å². The molecule has 54 valence electrons. The van der Waals surface area contributed by atoms with Gasteiger partial charge in [-0.2, -0.15) is 0 Å². The molecular formula is C6H4BrClIN. The first-order valence-electron chi connectivity index (χ1n) is 2.51. The Morgan fingerprint density at radius 1 is 1.50 bits per heavy atom. The summed E-state index contributed by atoms with van der Waals surface area (Å²) in [6.07, 6.45) is 0. The van der Waals surface area contributed by atoms with E-state index in [-0.39, 0.29) is 0 Å². The highest BCUT2D eigenvalue weighted by molar-refractivity contribution is 14.1. The molecule has 1 aromatic carbocycles. The second-order valence-electron chi connectivity index (χ2n) is 1.79. The van der Waals surface area contributed by atoms with Gasteiger partial charge in [0.05, 0.1) is 4.47 Å². The van der Waals surface area contributed by atoms with E-state index in [1.165, 1.54) is 0 Å². The number of hydrogen-bond donors (Lipinski definition) is 1. The fraction of sp³-hybridized carbons (Fsp3) is 0. The van der Waals surface area contributed by atoms with Gasteiger partial charge in [-0.25, -0.2) is 0 Å². The van der Waals surface area contributed by atoms with Crippen LogP contribution in [0.25, 0.3) is 0 Å². The molecule has 0 atom stereocenters. The van der Waals surface area contributed by atoms with Crippen molar-refractivity contribution in [3.63, 3.8) is 0 Å².